The number of rotatable bonds is 4. The fourth-order valence-electron chi connectivity index (χ4n) is 1.52. The first-order valence-electron chi connectivity index (χ1n) is 6.06. The second kappa shape index (κ2) is 6.72. The Morgan fingerprint density at radius 2 is 1.75 bits per heavy atom. The zero-order valence-corrected chi connectivity index (χ0v) is 11.7. The average Bonchev–Trinajstić information content (AvgIpc) is 2.95. The quantitative estimate of drug-likeness (QED) is 0.904. The molecule has 0 radical (unpaired) electrons. The Morgan fingerprint density at radius 1 is 1.10 bits per heavy atom. The average molecular weight is 290 g/mol. The van der Waals surface area contributed by atoms with Crippen LogP contribution in [0.3, 0.4) is 0 Å². The van der Waals surface area contributed by atoms with Crippen LogP contribution in [-0.4, -0.2) is 18.6 Å². The Kier molecular flexibility index (Phi) is 4.73. The van der Waals surface area contributed by atoms with Crippen molar-refractivity contribution in [1.29, 1.82) is 0 Å². The van der Waals surface area contributed by atoms with Crippen molar-refractivity contribution in [3.8, 4) is 0 Å². The van der Waals surface area contributed by atoms with Gasteiger partial charge in [0.15, 0.2) is 0 Å². The van der Waals surface area contributed by atoms with E-state index < -0.39 is 6.09 Å². The van der Waals surface area contributed by atoms with E-state index in [0.29, 0.717) is 23.5 Å². The van der Waals surface area contributed by atoms with Crippen LogP contribution in [0.1, 0.15) is 17.3 Å². The summed E-state index contributed by atoms with van der Waals surface area (Å²) in [5, 5.41) is 8.98. The van der Waals surface area contributed by atoms with Crippen molar-refractivity contribution in [3.63, 3.8) is 0 Å². The van der Waals surface area contributed by atoms with E-state index >= 15 is 0 Å². The van der Waals surface area contributed by atoms with Gasteiger partial charge < -0.3 is 10.1 Å². The Bertz CT molecular complexity index is 579. The molecule has 104 valence electrons. The molecule has 0 saturated carbocycles. The molecule has 0 saturated heterocycles. The van der Waals surface area contributed by atoms with Gasteiger partial charge in [-0.3, -0.25) is 10.1 Å². The lowest BCUT2D eigenvalue weighted by Crippen LogP contribution is -2.13. The van der Waals surface area contributed by atoms with Crippen LogP contribution in [0.4, 0.5) is 16.2 Å². The number of hydrogen-bond acceptors (Lipinski definition) is 4. The number of carbonyl (C=O) groups is 2. The van der Waals surface area contributed by atoms with Crippen LogP contribution in [0, 0.1) is 0 Å². The van der Waals surface area contributed by atoms with Crippen molar-refractivity contribution in [2.75, 3.05) is 17.2 Å². The largest absolute Gasteiger partial charge is 0.450 e. The van der Waals surface area contributed by atoms with E-state index in [-0.39, 0.29) is 5.91 Å². The molecule has 0 atom stereocenters. The molecule has 0 aliphatic carbocycles. The molecule has 6 heteroatoms. The van der Waals surface area contributed by atoms with Crippen LogP contribution < -0.4 is 10.6 Å². The number of carbonyl (C=O) groups excluding carboxylic acids is 2. The molecule has 0 bridgehead atoms. The number of amides is 2. The van der Waals surface area contributed by atoms with Crippen LogP contribution in [0.15, 0.2) is 41.1 Å². The lowest BCUT2D eigenvalue weighted by Gasteiger charge is -2.07. The minimum atomic E-state index is -0.498. The number of hydrogen-bond donors (Lipinski definition) is 2. The molecule has 5 nitrogen and oxygen atoms in total. The van der Waals surface area contributed by atoms with Gasteiger partial charge in [0.2, 0.25) is 0 Å². The van der Waals surface area contributed by atoms with Crippen LogP contribution in [-0.2, 0) is 4.74 Å². The smallest absolute Gasteiger partial charge is 0.411 e. The monoisotopic (exact) mass is 290 g/mol. The van der Waals surface area contributed by atoms with Crippen molar-refractivity contribution in [2.45, 2.75) is 6.92 Å². The maximum atomic E-state index is 11.8. The molecule has 2 rings (SSSR count). The Morgan fingerprint density at radius 3 is 2.30 bits per heavy atom. The third kappa shape index (κ3) is 3.83. The van der Waals surface area contributed by atoms with Gasteiger partial charge in [-0.1, -0.05) is 0 Å². The predicted molar refractivity (Wildman–Crippen MR) is 79.4 cm³/mol. The number of anilines is 2. The summed E-state index contributed by atoms with van der Waals surface area (Å²) in [5.74, 6) is -0.155. The first kappa shape index (κ1) is 14.1. The molecular weight excluding hydrogens is 276 g/mol. The van der Waals surface area contributed by atoms with Gasteiger partial charge in [-0.25, -0.2) is 4.79 Å². The number of benzene rings is 1. The van der Waals surface area contributed by atoms with Gasteiger partial charge in [-0.15, -0.1) is 0 Å². The third-order valence-corrected chi connectivity index (χ3v) is 3.13. The highest BCUT2D eigenvalue weighted by atomic mass is 32.1. The number of ether oxygens (including phenoxy) is 1. The molecule has 1 aromatic heterocycles. The maximum absolute atomic E-state index is 11.8. The molecule has 0 aliphatic rings. The van der Waals surface area contributed by atoms with Gasteiger partial charge >= 0.3 is 6.09 Å². The molecule has 0 fully saturated rings. The molecule has 20 heavy (non-hydrogen) atoms. The van der Waals surface area contributed by atoms with Crippen molar-refractivity contribution in [2.24, 2.45) is 0 Å². The molecule has 1 heterocycles. The Hall–Kier alpha value is -2.34. The zero-order chi connectivity index (χ0) is 14.4. The Balaban J connectivity index is 1.95. The minimum absolute atomic E-state index is 0.155. The maximum Gasteiger partial charge on any atom is 0.411 e. The van der Waals surface area contributed by atoms with Gasteiger partial charge in [0.25, 0.3) is 5.91 Å². The SMILES string of the molecule is CCOC(=O)Nc1ccc(NC(=O)c2ccsc2)cc1. The van der Waals surface area contributed by atoms with Gasteiger partial charge in [-0.2, -0.15) is 11.3 Å². The van der Waals surface area contributed by atoms with Crippen molar-refractivity contribution < 1.29 is 14.3 Å². The fraction of sp³-hybridized carbons (Fsp3) is 0.143. The molecule has 2 amide bonds. The molecular formula is C14H14N2O3S. The van der Waals surface area contributed by atoms with Gasteiger partial charge in [0.1, 0.15) is 0 Å². The topological polar surface area (TPSA) is 67.4 Å². The summed E-state index contributed by atoms with van der Waals surface area (Å²) in [6, 6.07) is 8.58. The van der Waals surface area contributed by atoms with E-state index in [2.05, 4.69) is 10.6 Å². The first-order chi connectivity index (χ1) is 9.69. The second-order valence-corrected chi connectivity index (χ2v) is 4.67. The summed E-state index contributed by atoms with van der Waals surface area (Å²) in [4.78, 5) is 23.1. The summed E-state index contributed by atoms with van der Waals surface area (Å²) in [7, 11) is 0. The van der Waals surface area contributed by atoms with Crippen molar-refractivity contribution >= 4 is 34.7 Å². The lowest BCUT2D eigenvalue weighted by atomic mass is 10.2. The minimum Gasteiger partial charge on any atom is -0.450 e. The summed E-state index contributed by atoms with van der Waals surface area (Å²) in [6.45, 7) is 2.06. The molecule has 0 unspecified atom stereocenters. The van der Waals surface area contributed by atoms with Crippen LogP contribution in [0.5, 0.6) is 0 Å². The van der Waals surface area contributed by atoms with E-state index in [1.807, 2.05) is 5.38 Å². The Labute approximate surface area is 120 Å². The molecule has 2 aromatic rings. The van der Waals surface area contributed by atoms with Gasteiger partial charge in [0, 0.05) is 16.8 Å². The number of nitrogens with one attached hydrogen (secondary N) is 2. The lowest BCUT2D eigenvalue weighted by molar-refractivity contribution is 0.102. The van der Waals surface area contributed by atoms with Gasteiger partial charge in [-0.05, 0) is 42.6 Å². The van der Waals surface area contributed by atoms with Crippen LogP contribution >= 0.6 is 11.3 Å². The van der Waals surface area contributed by atoms with Crippen LogP contribution in [0.25, 0.3) is 0 Å². The molecule has 0 aliphatic heterocycles. The zero-order valence-electron chi connectivity index (χ0n) is 10.9. The summed E-state index contributed by atoms with van der Waals surface area (Å²) in [5.41, 5.74) is 1.90. The van der Waals surface area contributed by atoms with Crippen LogP contribution in [0.2, 0.25) is 0 Å². The summed E-state index contributed by atoms with van der Waals surface area (Å²) >= 11 is 1.47. The normalized spacial score (nSPS) is 9.85. The highest BCUT2D eigenvalue weighted by Crippen LogP contribution is 2.15. The molecule has 2 N–H and O–H groups in total. The molecule has 1 aromatic carbocycles. The number of thiophene rings is 1. The van der Waals surface area contributed by atoms with E-state index in [4.69, 9.17) is 4.74 Å². The highest BCUT2D eigenvalue weighted by molar-refractivity contribution is 7.08. The third-order valence-electron chi connectivity index (χ3n) is 2.45. The second-order valence-electron chi connectivity index (χ2n) is 3.89. The van der Waals surface area contributed by atoms with E-state index in [1.165, 1.54) is 11.3 Å². The van der Waals surface area contributed by atoms with E-state index in [0.717, 1.165) is 0 Å². The highest BCUT2D eigenvalue weighted by Gasteiger charge is 2.06. The summed E-state index contributed by atoms with van der Waals surface area (Å²) < 4.78 is 4.77. The first-order valence-corrected chi connectivity index (χ1v) is 7.00. The van der Waals surface area contributed by atoms with Crippen molar-refractivity contribution in [3.05, 3.63) is 46.7 Å². The molecule has 0 spiro atoms. The van der Waals surface area contributed by atoms with Gasteiger partial charge in [0.05, 0.1) is 12.2 Å². The standard InChI is InChI=1S/C14H14N2O3S/c1-2-19-14(18)16-12-5-3-11(4-6-12)15-13(17)10-7-8-20-9-10/h3-9H,2H2,1H3,(H,15,17)(H,16,18). The summed E-state index contributed by atoms with van der Waals surface area (Å²) in [6.07, 6.45) is -0.498. The van der Waals surface area contributed by atoms with E-state index in [9.17, 15) is 9.59 Å². The fourth-order valence-corrected chi connectivity index (χ4v) is 2.15. The predicted octanol–water partition coefficient (Wildman–Crippen LogP) is 3.57. The van der Waals surface area contributed by atoms with E-state index in [1.54, 1.807) is 42.6 Å². The van der Waals surface area contributed by atoms with Crippen molar-refractivity contribution in [1.82, 2.24) is 0 Å².